The summed E-state index contributed by atoms with van der Waals surface area (Å²) in [6.07, 6.45) is 1.25. The molecule has 23 heavy (non-hydrogen) atoms. The van der Waals surface area contributed by atoms with Crippen LogP contribution in [0.4, 0.5) is 8.78 Å². The van der Waals surface area contributed by atoms with Crippen molar-refractivity contribution in [3.63, 3.8) is 0 Å². The van der Waals surface area contributed by atoms with E-state index in [1.165, 1.54) is 24.3 Å². The average molecular weight is 320 g/mol. The Labute approximate surface area is 134 Å². The zero-order valence-electron chi connectivity index (χ0n) is 13.9. The summed E-state index contributed by atoms with van der Waals surface area (Å²) in [7, 11) is -1.08. The normalized spacial score (nSPS) is 20.5. The van der Waals surface area contributed by atoms with Gasteiger partial charge >= 0.3 is 7.12 Å². The second kappa shape index (κ2) is 5.18. The highest BCUT2D eigenvalue weighted by atomic mass is 19.1. The van der Waals surface area contributed by atoms with Gasteiger partial charge in [0.1, 0.15) is 22.9 Å². The lowest BCUT2D eigenvalue weighted by atomic mass is 9.87. The van der Waals surface area contributed by atoms with Gasteiger partial charge in [-0.3, -0.25) is 0 Å². The highest BCUT2D eigenvalue weighted by Crippen LogP contribution is 2.39. The molecule has 122 valence electrons. The smallest absolute Gasteiger partial charge is 0.456 e. The largest absolute Gasteiger partial charge is 0.525 e. The highest BCUT2D eigenvalue weighted by molar-refractivity contribution is 6.54. The molecule has 1 fully saturated rings. The maximum Gasteiger partial charge on any atom is 0.525 e. The van der Waals surface area contributed by atoms with Gasteiger partial charge in [-0.25, -0.2) is 8.78 Å². The molecule has 0 amide bonds. The van der Waals surface area contributed by atoms with Crippen LogP contribution < -0.4 is 0 Å². The molecule has 0 unspecified atom stereocenters. The molecule has 2 aromatic rings. The third-order valence-electron chi connectivity index (χ3n) is 4.68. The van der Waals surface area contributed by atoms with E-state index in [1.54, 1.807) is 6.92 Å². The van der Waals surface area contributed by atoms with E-state index in [9.17, 15) is 8.78 Å². The fourth-order valence-electron chi connectivity index (χ4n) is 2.50. The number of fused-ring (bicyclic) bond motifs is 1. The summed E-state index contributed by atoms with van der Waals surface area (Å²) >= 11 is 0. The quantitative estimate of drug-likeness (QED) is 0.743. The lowest BCUT2D eigenvalue weighted by Crippen LogP contribution is -2.41. The topological polar surface area (TPSA) is 31.6 Å². The van der Waals surface area contributed by atoms with Crippen molar-refractivity contribution in [3.05, 3.63) is 41.1 Å². The van der Waals surface area contributed by atoms with Crippen LogP contribution in [0.5, 0.6) is 0 Å². The van der Waals surface area contributed by atoms with Gasteiger partial charge in [-0.1, -0.05) is 0 Å². The average Bonchev–Trinajstić information content (AvgIpc) is 2.85. The van der Waals surface area contributed by atoms with Gasteiger partial charge in [0.2, 0.25) is 0 Å². The molecule has 1 aliphatic rings. The van der Waals surface area contributed by atoms with Crippen molar-refractivity contribution in [1.82, 2.24) is 0 Å². The van der Waals surface area contributed by atoms with E-state index in [1.807, 2.05) is 27.7 Å². The lowest BCUT2D eigenvalue weighted by molar-refractivity contribution is 0.00578. The van der Waals surface area contributed by atoms with Crippen molar-refractivity contribution in [2.24, 2.45) is 0 Å². The molecule has 1 saturated heterocycles. The summed E-state index contributed by atoms with van der Waals surface area (Å²) in [5, 5.41) is 0.623. The first kappa shape index (κ1) is 16.2. The molecule has 1 aromatic heterocycles. The Morgan fingerprint density at radius 1 is 1.13 bits per heavy atom. The Balaban J connectivity index is 1.95. The maximum atomic E-state index is 14.5. The third-order valence-corrected chi connectivity index (χ3v) is 4.68. The fraction of sp³-hybridized carbons (Fsp3) is 0.412. The molecular formula is C17H19BF2O3. The molecule has 6 heteroatoms. The van der Waals surface area contributed by atoms with Crippen LogP contribution in [0.15, 0.2) is 28.3 Å². The molecule has 1 aromatic carbocycles. The standard InChI is InChI=1S/C17H19BF2O3/c1-10-12-8-11(19)6-7-13(12)21-14(10)9-15(20)18-22-16(2,3)17(4,5)23-18/h6-9H,1-5H3. The predicted octanol–water partition coefficient (Wildman–Crippen LogP) is 4.82. The van der Waals surface area contributed by atoms with Crippen LogP contribution in [-0.4, -0.2) is 18.3 Å². The van der Waals surface area contributed by atoms with Gasteiger partial charge in [0, 0.05) is 17.0 Å². The van der Waals surface area contributed by atoms with Crippen molar-refractivity contribution in [2.45, 2.75) is 45.8 Å². The summed E-state index contributed by atoms with van der Waals surface area (Å²) in [5.41, 5.74) is -0.627. The molecule has 3 nitrogen and oxygen atoms in total. The number of aryl methyl sites for hydroxylation is 1. The van der Waals surface area contributed by atoms with E-state index < -0.39 is 24.0 Å². The minimum atomic E-state index is -1.08. The van der Waals surface area contributed by atoms with E-state index >= 15 is 0 Å². The summed E-state index contributed by atoms with van der Waals surface area (Å²) in [5.74, 6) is -0.0267. The number of benzene rings is 1. The molecule has 0 bridgehead atoms. The molecule has 0 saturated carbocycles. The minimum absolute atomic E-state index is 0.331. The van der Waals surface area contributed by atoms with Crippen LogP contribution in [0.2, 0.25) is 0 Å². The Kier molecular flexibility index (Phi) is 3.65. The molecule has 3 rings (SSSR count). The predicted molar refractivity (Wildman–Crippen MR) is 86.1 cm³/mol. The van der Waals surface area contributed by atoms with Gasteiger partial charge in [-0.15, -0.1) is 0 Å². The van der Waals surface area contributed by atoms with Gasteiger partial charge in [-0.05, 0) is 52.8 Å². The lowest BCUT2D eigenvalue weighted by Gasteiger charge is -2.32. The number of rotatable bonds is 2. The van der Waals surface area contributed by atoms with Gasteiger partial charge in [0.25, 0.3) is 0 Å². The Morgan fingerprint density at radius 2 is 1.74 bits per heavy atom. The molecule has 1 aliphatic heterocycles. The van der Waals surface area contributed by atoms with Crippen molar-refractivity contribution in [1.29, 1.82) is 0 Å². The van der Waals surface area contributed by atoms with Gasteiger partial charge in [0.05, 0.1) is 11.2 Å². The van der Waals surface area contributed by atoms with E-state index in [2.05, 4.69) is 0 Å². The minimum Gasteiger partial charge on any atom is -0.456 e. The zero-order valence-corrected chi connectivity index (χ0v) is 13.9. The monoisotopic (exact) mass is 320 g/mol. The number of hydrogen-bond acceptors (Lipinski definition) is 3. The maximum absolute atomic E-state index is 14.5. The van der Waals surface area contributed by atoms with Crippen LogP contribution in [0.3, 0.4) is 0 Å². The third kappa shape index (κ3) is 2.70. The number of hydrogen-bond donors (Lipinski definition) is 0. The first-order chi connectivity index (χ1) is 10.6. The van der Waals surface area contributed by atoms with Crippen molar-refractivity contribution in [2.75, 3.05) is 0 Å². The molecule has 0 spiro atoms. The van der Waals surface area contributed by atoms with Crippen LogP contribution >= 0.6 is 0 Å². The van der Waals surface area contributed by atoms with Gasteiger partial charge < -0.3 is 13.7 Å². The molecular weight excluding hydrogens is 301 g/mol. The van der Waals surface area contributed by atoms with E-state index in [-0.39, 0.29) is 5.82 Å². The van der Waals surface area contributed by atoms with Gasteiger partial charge in [-0.2, -0.15) is 0 Å². The first-order valence-electron chi connectivity index (χ1n) is 7.52. The molecule has 0 N–H and O–H groups in total. The Hall–Kier alpha value is -1.66. The van der Waals surface area contributed by atoms with Crippen LogP contribution in [0, 0.1) is 12.7 Å². The molecule has 2 heterocycles. The fourth-order valence-corrected chi connectivity index (χ4v) is 2.50. The van der Waals surface area contributed by atoms with Crippen LogP contribution in [0.1, 0.15) is 39.0 Å². The molecule has 0 atom stereocenters. The number of furan rings is 1. The van der Waals surface area contributed by atoms with Crippen molar-refractivity contribution in [3.8, 4) is 0 Å². The summed E-state index contributed by atoms with van der Waals surface area (Å²) in [6.45, 7) is 9.19. The van der Waals surface area contributed by atoms with E-state index in [0.29, 0.717) is 22.3 Å². The molecule has 0 radical (unpaired) electrons. The first-order valence-corrected chi connectivity index (χ1v) is 7.52. The second-order valence-corrected chi connectivity index (χ2v) is 6.85. The van der Waals surface area contributed by atoms with E-state index in [4.69, 9.17) is 13.7 Å². The summed E-state index contributed by atoms with van der Waals surface area (Å²) in [6, 6.07) is 4.21. The zero-order chi connectivity index (χ0) is 17.0. The summed E-state index contributed by atoms with van der Waals surface area (Å²) < 4.78 is 44.8. The number of halogens is 2. The van der Waals surface area contributed by atoms with Crippen LogP contribution in [-0.2, 0) is 9.31 Å². The van der Waals surface area contributed by atoms with Crippen LogP contribution in [0.25, 0.3) is 17.0 Å². The van der Waals surface area contributed by atoms with E-state index in [0.717, 1.165) is 0 Å². The molecule has 0 aliphatic carbocycles. The summed E-state index contributed by atoms with van der Waals surface area (Å²) in [4.78, 5) is 0. The SMILES string of the molecule is Cc1c(C=C(F)B2OC(C)(C)C(C)(C)O2)oc2ccc(F)cc12. The highest BCUT2D eigenvalue weighted by Gasteiger charge is 2.53. The second-order valence-electron chi connectivity index (χ2n) is 6.85. The Bertz CT molecular complexity index is 776. The van der Waals surface area contributed by atoms with Crippen molar-refractivity contribution < 1.29 is 22.5 Å². The Morgan fingerprint density at radius 3 is 2.35 bits per heavy atom. The van der Waals surface area contributed by atoms with Gasteiger partial charge in [0.15, 0.2) is 0 Å². The van der Waals surface area contributed by atoms with Crippen molar-refractivity contribution >= 4 is 24.2 Å².